The van der Waals surface area contributed by atoms with E-state index in [2.05, 4.69) is 7.05 Å². The van der Waals surface area contributed by atoms with Crippen molar-refractivity contribution in [3.8, 4) is 0 Å². The molecule has 0 radical (unpaired) electrons. The molecule has 1 aliphatic rings. The van der Waals surface area contributed by atoms with E-state index in [9.17, 15) is 0 Å². The van der Waals surface area contributed by atoms with E-state index in [0.717, 1.165) is 26.2 Å². The Bertz CT molecular complexity index is 130. The SMILES string of the molecule is [CH2-][NH+]1C[C@H](OC)C[C@H]1COCC. The van der Waals surface area contributed by atoms with Gasteiger partial charge in [-0.05, 0) is 6.92 Å². The molecule has 1 aliphatic heterocycles. The molecule has 0 spiro atoms. The molecule has 0 saturated carbocycles. The highest BCUT2D eigenvalue weighted by Crippen LogP contribution is 2.04. The van der Waals surface area contributed by atoms with Crippen LogP contribution in [0, 0.1) is 7.05 Å². The van der Waals surface area contributed by atoms with Gasteiger partial charge in [0.25, 0.3) is 0 Å². The average molecular weight is 173 g/mol. The van der Waals surface area contributed by atoms with E-state index in [1.165, 1.54) is 4.90 Å². The van der Waals surface area contributed by atoms with Gasteiger partial charge in [-0.2, -0.15) is 7.05 Å². The second-order valence-corrected chi connectivity index (χ2v) is 3.31. The molecule has 0 aliphatic carbocycles. The Morgan fingerprint density at radius 2 is 2.33 bits per heavy atom. The summed E-state index contributed by atoms with van der Waals surface area (Å²) >= 11 is 0. The van der Waals surface area contributed by atoms with Gasteiger partial charge in [0.1, 0.15) is 6.10 Å². The molecule has 0 aromatic heterocycles. The van der Waals surface area contributed by atoms with Crippen molar-refractivity contribution in [2.75, 3.05) is 26.9 Å². The van der Waals surface area contributed by atoms with Gasteiger partial charge in [-0.3, -0.25) is 0 Å². The van der Waals surface area contributed by atoms with Gasteiger partial charge in [0.05, 0.1) is 19.2 Å². The van der Waals surface area contributed by atoms with E-state index in [1.807, 2.05) is 6.92 Å². The Labute approximate surface area is 74.6 Å². The summed E-state index contributed by atoms with van der Waals surface area (Å²) in [6, 6.07) is 0.523. The van der Waals surface area contributed by atoms with Crippen molar-refractivity contribution in [1.29, 1.82) is 0 Å². The molecule has 72 valence electrons. The lowest BCUT2D eigenvalue weighted by molar-refractivity contribution is -0.868. The maximum atomic E-state index is 5.36. The number of rotatable bonds is 4. The van der Waals surface area contributed by atoms with Crippen LogP contribution in [0.1, 0.15) is 13.3 Å². The van der Waals surface area contributed by atoms with Crippen LogP contribution in [0.4, 0.5) is 0 Å². The van der Waals surface area contributed by atoms with Crippen LogP contribution < -0.4 is 4.90 Å². The van der Waals surface area contributed by atoms with Crippen LogP contribution in [-0.4, -0.2) is 39.0 Å². The summed E-state index contributed by atoms with van der Waals surface area (Å²) in [6.45, 7) is 4.64. The monoisotopic (exact) mass is 173 g/mol. The predicted molar refractivity (Wildman–Crippen MR) is 46.9 cm³/mol. The summed E-state index contributed by atoms with van der Waals surface area (Å²) in [5, 5.41) is 0. The highest BCUT2D eigenvalue weighted by Gasteiger charge is 2.29. The molecule has 12 heavy (non-hydrogen) atoms. The fourth-order valence-corrected chi connectivity index (χ4v) is 1.65. The second-order valence-electron chi connectivity index (χ2n) is 3.31. The first-order valence-electron chi connectivity index (χ1n) is 4.56. The number of hydrogen-bond acceptors (Lipinski definition) is 2. The predicted octanol–water partition coefficient (Wildman–Crippen LogP) is -0.513. The lowest BCUT2D eigenvalue weighted by Gasteiger charge is -2.21. The number of quaternary nitrogens is 1. The molecule has 1 N–H and O–H groups in total. The van der Waals surface area contributed by atoms with Gasteiger partial charge in [0, 0.05) is 20.1 Å². The number of likely N-dealkylation sites (tertiary alicyclic amines) is 1. The molecule has 0 amide bonds. The molecule has 0 aromatic carbocycles. The average Bonchev–Trinajstić information content (AvgIpc) is 2.43. The zero-order chi connectivity index (χ0) is 8.97. The highest BCUT2D eigenvalue weighted by molar-refractivity contribution is 4.70. The van der Waals surface area contributed by atoms with Crippen molar-refractivity contribution < 1.29 is 14.4 Å². The van der Waals surface area contributed by atoms with Crippen molar-refractivity contribution in [2.45, 2.75) is 25.5 Å². The van der Waals surface area contributed by atoms with Crippen molar-refractivity contribution in [1.82, 2.24) is 0 Å². The molecular weight excluding hydrogens is 154 g/mol. The third-order valence-electron chi connectivity index (χ3n) is 2.47. The Balaban J connectivity index is 2.25. The van der Waals surface area contributed by atoms with Crippen molar-refractivity contribution in [2.24, 2.45) is 0 Å². The van der Waals surface area contributed by atoms with Crippen molar-refractivity contribution in [3.05, 3.63) is 7.05 Å². The van der Waals surface area contributed by atoms with Crippen LogP contribution in [0.15, 0.2) is 0 Å². The lowest BCUT2D eigenvalue weighted by atomic mass is 10.2. The largest absolute Gasteiger partial charge is 0.461 e. The fourth-order valence-electron chi connectivity index (χ4n) is 1.65. The molecule has 0 aromatic rings. The van der Waals surface area contributed by atoms with E-state index in [0.29, 0.717) is 12.1 Å². The summed E-state index contributed by atoms with van der Waals surface area (Å²) < 4.78 is 10.6. The van der Waals surface area contributed by atoms with Crippen LogP contribution >= 0.6 is 0 Å². The first-order chi connectivity index (χ1) is 5.77. The lowest BCUT2D eigenvalue weighted by Crippen LogP contribution is -3.09. The summed E-state index contributed by atoms with van der Waals surface area (Å²) in [7, 11) is 5.79. The molecule has 0 bridgehead atoms. The number of nitrogens with one attached hydrogen (secondary N) is 1. The van der Waals surface area contributed by atoms with E-state index >= 15 is 0 Å². The van der Waals surface area contributed by atoms with E-state index in [1.54, 1.807) is 7.11 Å². The molecule has 1 rings (SSSR count). The van der Waals surface area contributed by atoms with Crippen molar-refractivity contribution >= 4 is 0 Å². The summed E-state index contributed by atoms with van der Waals surface area (Å²) in [5.41, 5.74) is 0. The minimum Gasteiger partial charge on any atom is -0.461 e. The van der Waals surface area contributed by atoms with Gasteiger partial charge in [0.2, 0.25) is 0 Å². The molecule has 3 nitrogen and oxygen atoms in total. The Hall–Kier alpha value is -0.120. The molecular formula is C9H19NO2. The zero-order valence-electron chi connectivity index (χ0n) is 8.01. The minimum absolute atomic E-state index is 0.378. The Morgan fingerprint density at radius 3 is 2.83 bits per heavy atom. The maximum Gasteiger partial charge on any atom is 0.109 e. The molecule has 1 saturated heterocycles. The molecule has 3 atom stereocenters. The minimum atomic E-state index is 0.378. The zero-order valence-corrected chi connectivity index (χ0v) is 8.01. The molecule has 1 unspecified atom stereocenters. The quantitative estimate of drug-likeness (QED) is 0.578. The highest BCUT2D eigenvalue weighted by atomic mass is 16.5. The maximum absolute atomic E-state index is 5.36. The van der Waals surface area contributed by atoms with E-state index < -0.39 is 0 Å². The summed E-state index contributed by atoms with van der Waals surface area (Å²) in [6.07, 6.45) is 1.46. The number of methoxy groups -OCH3 is 1. The van der Waals surface area contributed by atoms with Crippen molar-refractivity contribution in [3.63, 3.8) is 0 Å². The van der Waals surface area contributed by atoms with Crippen LogP contribution in [0.5, 0.6) is 0 Å². The van der Waals surface area contributed by atoms with Gasteiger partial charge >= 0.3 is 0 Å². The topological polar surface area (TPSA) is 22.9 Å². The molecule has 3 heteroatoms. The standard InChI is InChI=1S/C9H19NO2/c1-4-12-7-8-5-9(11-3)6-10(8)2/h8-10H,2,4-7H2,1,3H3/t8-,9+/m0/s1. The summed E-state index contributed by atoms with van der Waals surface area (Å²) in [5.74, 6) is 0. The Morgan fingerprint density at radius 1 is 1.58 bits per heavy atom. The van der Waals surface area contributed by atoms with Crippen LogP contribution in [0.3, 0.4) is 0 Å². The Kier molecular flexibility index (Phi) is 3.98. The van der Waals surface area contributed by atoms with E-state index in [4.69, 9.17) is 9.47 Å². The van der Waals surface area contributed by atoms with E-state index in [-0.39, 0.29) is 0 Å². The first-order valence-corrected chi connectivity index (χ1v) is 4.56. The molecule has 1 heterocycles. The van der Waals surface area contributed by atoms with Gasteiger partial charge in [-0.25, -0.2) is 0 Å². The van der Waals surface area contributed by atoms with Gasteiger partial charge in [-0.15, -0.1) is 0 Å². The van der Waals surface area contributed by atoms with Gasteiger partial charge in [-0.1, -0.05) is 0 Å². The third kappa shape index (κ3) is 2.44. The molecule has 1 fully saturated rings. The number of ether oxygens (including phenoxy) is 2. The first kappa shape index (κ1) is 9.96. The van der Waals surface area contributed by atoms with Crippen LogP contribution in [-0.2, 0) is 9.47 Å². The van der Waals surface area contributed by atoms with Crippen LogP contribution in [0.2, 0.25) is 0 Å². The smallest absolute Gasteiger partial charge is 0.109 e. The number of hydrogen-bond donors (Lipinski definition) is 1. The summed E-state index contributed by atoms with van der Waals surface area (Å²) in [4.78, 5) is 1.29. The van der Waals surface area contributed by atoms with Gasteiger partial charge in [0.15, 0.2) is 0 Å². The second kappa shape index (κ2) is 4.80. The third-order valence-corrected chi connectivity index (χ3v) is 2.47. The fraction of sp³-hybridized carbons (Fsp3) is 0.889. The van der Waals surface area contributed by atoms with Gasteiger partial charge < -0.3 is 14.4 Å². The van der Waals surface area contributed by atoms with Crippen LogP contribution in [0.25, 0.3) is 0 Å². The normalized spacial score (nSPS) is 35.8.